The summed E-state index contributed by atoms with van der Waals surface area (Å²) in [6.45, 7) is 5.45. The van der Waals surface area contributed by atoms with Crippen LogP contribution in [-0.4, -0.2) is 41.9 Å². The minimum atomic E-state index is -0.0856. The van der Waals surface area contributed by atoms with Crippen LogP contribution in [0.2, 0.25) is 0 Å². The first-order chi connectivity index (χ1) is 22.4. The summed E-state index contributed by atoms with van der Waals surface area (Å²) in [5.74, 6) is 1.90. The molecule has 7 nitrogen and oxygen atoms in total. The third kappa shape index (κ3) is 7.67. The molecule has 0 saturated heterocycles. The van der Waals surface area contributed by atoms with Gasteiger partial charge < -0.3 is 14.4 Å². The standard InChI is InChI=1S/C39H51N3O4/c1-4-5-21-46-39(44)31-15-13-30(14-16-31)38(43)41(36-8-6-7-32(23-36)34-24-40-42(26-34)35-18-19-35)25-28-9-11-29(12-10-28)33-17-20-37(45-3)27(2)22-33/h6-8,17,20,22-24,26,28-31,35H,4-5,9-16,18-19,21,25H2,1-3H3. The van der Waals surface area contributed by atoms with E-state index in [1.165, 1.54) is 24.0 Å². The van der Waals surface area contributed by atoms with Crippen molar-refractivity contribution in [2.45, 2.75) is 103 Å². The molecule has 2 aromatic carbocycles. The number of esters is 1. The number of nitrogens with zero attached hydrogens (tertiary/aromatic N) is 3. The summed E-state index contributed by atoms with van der Waals surface area (Å²) in [4.78, 5) is 29.1. The van der Waals surface area contributed by atoms with Crippen LogP contribution in [-0.2, 0) is 14.3 Å². The van der Waals surface area contributed by atoms with Crippen molar-refractivity contribution >= 4 is 17.6 Å². The third-order valence-electron chi connectivity index (χ3n) is 10.6. The van der Waals surface area contributed by atoms with Crippen molar-refractivity contribution in [2.75, 3.05) is 25.2 Å². The minimum absolute atomic E-state index is 0.0698. The van der Waals surface area contributed by atoms with Crippen LogP contribution in [0.1, 0.15) is 107 Å². The summed E-state index contributed by atoms with van der Waals surface area (Å²) >= 11 is 0. The van der Waals surface area contributed by atoms with Crippen molar-refractivity contribution in [1.29, 1.82) is 0 Å². The van der Waals surface area contributed by atoms with Gasteiger partial charge in [0, 0.05) is 29.9 Å². The van der Waals surface area contributed by atoms with E-state index in [4.69, 9.17) is 9.47 Å². The van der Waals surface area contributed by atoms with Crippen LogP contribution in [0.25, 0.3) is 11.1 Å². The van der Waals surface area contributed by atoms with Gasteiger partial charge in [-0.15, -0.1) is 0 Å². The Bertz CT molecular complexity index is 1480. The molecular weight excluding hydrogens is 574 g/mol. The van der Waals surface area contributed by atoms with Gasteiger partial charge in [0.2, 0.25) is 5.91 Å². The van der Waals surface area contributed by atoms with Gasteiger partial charge in [-0.2, -0.15) is 5.10 Å². The smallest absolute Gasteiger partial charge is 0.308 e. The van der Waals surface area contributed by atoms with Crippen molar-refractivity contribution in [3.63, 3.8) is 0 Å². The number of unbranched alkanes of at least 4 members (excludes halogenated alkanes) is 1. The Balaban J connectivity index is 1.16. The van der Waals surface area contributed by atoms with Crippen LogP contribution in [0, 0.1) is 24.7 Å². The monoisotopic (exact) mass is 625 g/mol. The molecule has 0 spiro atoms. The molecular formula is C39H51N3O4. The van der Waals surface area contributed by atoms with Crippen LogP contribution in [0.15, 0.2) is 54.9 Å². The van der Waals surface area contributed by atoms with Gasteiger partial charge in [-0.1, -0.05) is 37.6 Å². The summed E-state index contributed by atoms with van der Waals surface area (Å²) < 4.78 is 13.1. The van der Waals surface area contributed by atoms with Gasteiger partial charge in [0.15, 0.2) is 0 Å². The molecule has 246 valence electrons. The molecule has 1 amide bonds. The quantitative estimate of drug-likeness (QED) is 0.149. The lowest BCUT2D eigenvalue weighted by atomic mass is 9.77. The van der Waals surface area contributed by atoms with E-state index in [-0.39, 0.29) is 23.7 Å². The molecule has 3 aliphatic carbocycles. The fourth-order valence-electron chi connectivity index (χ4n) is 7.53. The van der Waals surface area contributed by atoms with E-state index in [9.17, 15) is 9.59 Å². The van der Waals surface area contributed by atoms with Crippen LogP contribution in [0.5, 0.6) is 5.75 Å². The highest BCUT2D eigenvalue weighted by molar-refractivity contribution is 5.96. The normalized spacial score (nSPS) is 23.1. The van der Waals surface area contributed by atoms with Gasteiger partial charge in [-0.05, 0) is 124 Å². The Kier molecular flexibility index (Phi) is 10.5. The molecule has 1 aromatic heterocycles. The van der Waals surface area contributed by atoms with E-state index in [1.54, 1.807) is 7.11 Å². The van der Waals surface area contributed by atoms with E-state index in [0.29, 0.717) is 24.5 Å². The summed E-state index contributed by atoms with van der Waals surface area (Å²) in [5.41, 5.74) is 5.74. The lowest BCUT2D eigenvalue weighted by Crippen LogP contribution is -2.42. The Morgan fingerprint density at radius 1 is 0.913 bits per heavy atom. The molecule has 0 unspecified atom stereocenters. The first-order valence-electron chi connectivity index (χ1n) is 17.7. The van der Waals surface area contributed by atoms with Gasteiger partial charge in [0.25, 0.3) is 0 Å². The molecule has 3 aromatic rings. The summed E-state index contributed by atoms with van der Waals surface area (Å²) in [6.07, 6.45) is 15.8. The van der Waals surface area contributed by atoms with Crippen molar-refractivity contribution in [3.8, 4) is 16.9 Å². The number of anilines is 1. The average Bonchev–Trinajstić information content (AvgIpc) is 3.83. The molecule has 3 saturated carbocycles. The largest absolute Gasteiger partial charge is 0.496 e. The van der Waals surface area contributed by atoms with Gasteiger partial charge in [0.1, 0.15) is 5.75 Å². The summed E-state index contributed by atoms with van der Waals surface area (Å²) in [7, 11) is 1.73. The minimum Gasteiger partial charge on any atom is -0.496 e. The number of ether oxygens (including phenoxy) is 2. The second kappa shape index (κ2) is 14.9. The van der Waals surface area contributed by atoms with Gasteiger partial charge in [0.05, 0.1) is 31.9 Å². The number of carbonyl (C=O) groups excluding carboxylic acids is 2. The van der Waals surface area contributed by atoms with E-state index in [1.807, 2.05) is 6.20 Å². The zero-order chi connectivity index (χ0) is 32.0. The van der Waals surface area contributed by atoms with Gasteiger partial charge in [-0.25, -0.2) is 0 Å². The zero-order valence-electron chi connectivity index (χ0n) is 28.0. The SMILES string of the molecule is CCCCOC(=O)C1CCC(C(=O)N(CC2CCC(c3ccc(OC)c(C)c3)CC2)c2cccc(-c3cnn(C4CC4)c3)c2)CC1. The fourth-order valence-corrected chi connectivity index (χ4v) is 7.53. The number of hydrogen-bond acceptors (Lipinski definition) is 5. The van der Waals surface area contributed by atoms with Crippen molar-refractivity contribution in [1.82, 2.24) is 9.78 Å². The Labute approximate surface area is 274 Å². The molecule has 0 aliphatic heterocycles. The number of benzene rings is 2. The van der Waals surface area contributed by atoms with Gasteiger partial charge >= 0.3 is 5.97 Å². The Morgan fingerprint density at radius 3 is 2.37 bits per heavy atom. The molecule has 3 fully saturated rings. The summed E-state index contributed by atoms with van der Waals surface area (Å²) in [6, 6.07) is 15.6. The number of methoxy groups -OCH3 is 1. The first-order valence-corrected chi connectivity index (χ1v) is 17.7. The number of carbonyl (C=O) groups is 2. The predicted octanol–water partition coefficient (Wildman–Crippen LogP) is 8.66. The number of hydrogen-bond donors (Lipinski definition) is 0. The molecule has 1 heterocycles. The lowest BCUT2D eigenvalue weighted by molar-refractivity contribution is -0.150. The Hall–Kier alpha value is -3.61. The second-order valence-electron chi connectivity index (χ2n) is 14.0. The van der Waals surface area contributed by atoms with E-state index < -0.39 is 0 Å². The average molecular weight is 626 g/mol. The van der Waals surface area contributed by atoms with Crippen LogP contribution in [0.3, 0.4) is 0 Å². The summed E-state index contributed by atoms with van der Waals surface area (Å²) in [5, 5.41) is 4.61. The molecule has 3 aliphatic rings. The molecule has 46 heavy (non-hydrogen) atoms. The van der Waals surface area contributed by atoms with Crippen LogP contribution in [0.4, 0.5) is 5.69 Å². The van der Waals surface area contributed by atoms with Crippen molar-refractivity contribution in [3.05, 3.63) is 66.0 Å². The third-order valence-corrected chi connectivity index (χ3v) is 10.6. The highest BCUT2D eigenvalue weighted by Crippen LogP contribution is 2.40. The molecule has 0 bridgehead atoms. The van der Waals surface area contributed by atoms with E-state index in [0.717, 1.165) is 93.3 Å². The predicted molar refractivity (Wildman–Crippen MR) is 182 cm³/mol. The topological polar surface area (TPSA) is 73.7 Å². The highest BCUT2D eigenvalue weighted by Gasteiger charge is 2.35. The van der Waals surface area contributed by atoms with E-state index >= 15 is 0 Å². The maximum absolute atomic E-state index is 14.4. The number of aromatic nitrogens is 2. The number of amides is 1. The number of rotatable bonds is 12. The van der Waals surface area contributed by atoms with Crippen molar-refractivity contribution in [2.24, 2.45) is 17.8 Å². The fraction of sp³-hybridized carbons (Fsp3) is 0.564. The first kappa shape index (κ1) is 32.3. The number of aryl methyl sites for hydroxylation is 1. The maximum atomic E-state index is 14.4. The van der Waals surface area contributed by atoms with Crippen LogP contribution >= 0.6 is 0 Å². The maximum Gasteiger partial charge on any atom is 0.308 e. The lowest BCUT2D eigenvalue weighted by Gasteiger charge is -2.36. The molecule has 6 rings (SSSR count). The molecule has 0 atom stereocenters. The van der Waals surface area contributed by atoms with Crippen molar-refractivity contribution < 1.29 is 19.1 Å². The highest BCUT2D eigenvalue weighted by atomic mass is 16.5. The molecule has 7 heteroatoms. The zero-order valence-corrected chi connectivity index (χ0v) is 28.0. The second-order valence-corrected chi connectivity index (χ2v) is 14.0. The molecule has 0 N–H and O–H groups in total. The van der Waals surface area contributed by atoms with Gasteiger partial charge in [-0.3, -0.25) is 14.3 Å². The molecule has 0 radical (unpaired) electrons. The van der Waals surface area contributed by atoms with E-state index in [2.05, 4.69) is 77.2 Å². The van der Waals surface area contributed by atoms with Crippen LogP contribution < -0.4 is 9.64 Å². The Morgan fingerprint density at radius 2 is 1.67 bits per heavy atom.